The number of non-ortho nitro benzene ring substituents is 1. The average molecular weight is 312 g/mol. The molecule has 0 spiro atoms. The van der Waals surface area contributed by atoms with Crippen molar-refractivity contribution in [1.29, 1.82) is 0 Å². The third kappa shape index (κ3) is 4.16. The van der Waals surface area contributed by atoms with Crippen molar-refractivity contribution in [3.8, 4) is 0 Å². The van der Waals surface area contributed by atoms with Crippen molar-refractivity contribution in [2.24, 2.45) is 0 Å². The number of nitrogens with zero attached hydrogens (tertiary/aromatic N) is 2. The van der Waals surface area contributed by atoms with Gasteiger partial charge in [0.05, 0.1) is 17.4 Å². The summed E-state index contributed by atoms with van der Waals surface area (Å²) in [6.07, 6.45) is 0.316. The zero-order chi connectivity index (χ0) is 17.0. The molecular weight excluding hydrogens is 292 g/mol. The van der Waals surface area contributed by atoms with Crippen LogP contribution in [0.1, 0.15) is 29.7 Å². The Labute approximate surface area is 135 Å². The van der Waals surface area contributed by atoms with Crippen LogP contribution >= 0.6 is 0 Å². The fourth-order valence-corrected chi connectivity index (χ4v) is 2.34. The van der Waals surface area contributed by atoms with E-state index in [0.717, 1.165) is 16.7 Å². The highest BCUT2D eigenvalue weighted by atomic mass is 16.6. The molecule has 0 aliphatic heterocycles. The van der Waals surface area contributed by atoms with Gasteiger partial charge in [0.1, 0.15) is 0 Å². The molecule has 2 aromatic carbocycles. The van der Waals surface area contributed by atoms with Crippen LogP contribution in [0, 0.1) is 17.0 Å². The first-order chi connectivity index (χ1) is 10.9. The second-order valence-corrected chi connectivity index (χ2v) is 5.70. The summed E-state index contributed by atoms with van der Waals surface area (Å²) in [7, 11) is 1.72. The van der Waals surface area contributed by atoms with Crippen LogP contribution in [0.15, 0.2) is 48.5 Å². The maximum absolute atomic E-state index is 12.4. The van der Waals surface area contributed by atoms with Crippen molar-refractivity contribution in [1.82, 2.24) is 4.90 Å². The summed E-state index contributed by atoms with van der Waals surface area (Å²) in [5.41, 5.74) is 2.89. The number of carbonyl (C=O) groups is 1. The predicted molar refractivity (Wildman–Crippen MR) is 89.2 cm³/mol. The van der Waals surface area contributed by atoms with Gasteiger partial charge in [-0.15, -0.1) is 0 Å². The predicted octanol–water partition coefficient (Wildman–Crippen LogP) is 3.67. The van der Waals surface area contributed by atoms with Gasteiger partial charge >= 0.3 is 0 Å². The minimum atomic E-state index is -0.426. The molecule has 0 saturated heterocycles. The Kier molecular flexibility index (Phi) is 5.11. The van der Waals surface area contributed by atoms with Gasteiger partial charge in [0.25, 0.3) is 5.69 Å². The SMILES string of the molecule is Cc1ccc(CC(=O)N(C)[C@@H](C)c2cccc([N+](=O)[O-])c2)cc1. The van der Waals surface area contributed by atoms with Crippen molar-refractivity contribution in [2.75, 3.05) is 7.05 Å². The molecule has 5 nitrogen and oxygen atoms in total. The highest BCUT2D eigenvalue weighted by molar-refractivity contribution is 5.79. The van der Waals surface area contributed by atoms with Gasteiger partial charge in [0.2, 0.25) is 5.91 Å². The third-order valence-electron chi connectivity index (χ3n) is 4.01. The summed E-state index contributed by atoms with van der Waals surface area (Å²) in [6.45, 7) is 3.87. The van der Waals surface area contributed by atoms with E-state index in [4.69, 9.17) is 0 Å². The minimum Gasteiger partial charge on any atom is -0.339 e. The second kappa shape index (κ2) is 7.05. The summed E-state index contributed by atoms with van der Waals surface area (Å²) in [6, 6.07) is 14.0. The number of nitro groups is 1. The summed E-state index contributed by atoms with van der Waals surface area (Å²) < 4.78 is 0. The van der Waals surface area contributed by atoms with Gasteiger partial charge in [-0.05, 0) is 25.0 Å². The van der Waals surface area contributed by atoms with Crippen LogP contribution in [0.5, 0.6) is 0 Å². The van der Waals surface area contributed by atoms with Crippen LogP contribution in [0.3, 0.4) is 0 Å². The molecular formula is C18H20N2O3. The first-order valence-electron chi connectivity index (χ1n) is 7.44. The summed E-state index contributed by atoms with van der Waals surface area (Å²) in [5.74, 6) is -0.0205. The van der Waals surface area contributed by atoms with E-state index >= 15 is 0 Å². The largest absolute Gasteiger partial charge is 0.339 e. The molecule has 120 valence electrons. The molecule has 0 saturated carbocycles. The zero-order valence-corrected chi connectivity index (χ0v) is 13.5. The number of hydrogen-bond donors (Lipinski definition) is 0. The van der Waals surface area contributed by atoms with Crippen LogP contribution in [-0.4, -0.2) is 22.8 Å². The minimum absolute atomic E-state index is 0.0205. The lowest BCUT2D eigenvalue weighted by atomic mass is 10.0. The van der Waals surface area contributed by atoms with Crippen molar-refractivity contribution in [3.63, 3.8) is 0 Å². The van der Waals surface area contributed by atoms with Crippen molar-refractivity contribution >= 4 is 11.6 Å². The first kappa shape index (κ1) is 16.7. The third-order valence-corrected chi connectivity index (χ3v) is 4.01. The van der Waals surface area contributed by atoms with Gasteiger partial charge in [0.15, 0.2) is 0 Å². The quantitative estimate of drug-likeness (QED) is 0.625. The van der Waals surface area contributed by atoms with Crippen LogP contribution in [-0.2, 0) is 11.2 Å². The Balaban J connectivity index is 2.10. The highest BCUT2D eigenvalue weighted by Gasteiger charge is 2.19. The van der Waals surface area contributed by atoms with Crippen LogP contribution in [0.2, 0.25) is 0 Å². The van der Waals surface area contributed by atoms with Gasteiger partial charge in [0, 0.05) is 19.2 Å². The fourth-order valence-electron chi connectivity index (χ4n) is 2.34. The smallest absolute Gasteiger partial charge is 0.269 e. The van der Waals surface area contributed by atoms with E-state index in [0.29, 0.717) is 6.42 Å². The summed E-state index contributed by atoms with van der Waals surface area (Å²) in [4.78, 5) is 24.5. The lowest BCUT2D eigenvalue weighted by Gasteiger charge is -2.25. The Hall–Kier alpha value is -2.69. The Morgan fingerprint density at radius 2 is 1.87 bits per heavy atom. The molecule has 0 aliphatic carbocycles. The van der Waals surface area contributed by atoms with Gasteiger partial charge in [-0.2, -0.15) is 0 Å². The zero-order valence-electron chi connectivity index (χ0n) is 13.5. The van der Waals surface area contributed by atoms with E-state index in [2.05, 4.69) is 0 Å². The molecule has 0 fully saturated rings. The van der Waals surface area contributed by atoms with Gasteiger partial charge in [-0.3, -0.25) is 14.9 Å². The lowest BCUT2D eigenvalue weighted by molar-refractivity contribution is -0.384. The molecule has 0 N–H and O–H groups in total. The van der Waals surface area contributed by atoms with Crippen LogP contribution in [0.4, 0.5) is 5.69 Å². The molecule has 2 rings (SSSR count). The molecule has 0 unspecified atom stereocenters. The average Bonchev–Trinajstić information content (AvgIpc) is 2.55. The van der Waals surface area contributed by atoms with E-state index in [1.54, 1.807) is 24.1 Å². The molecule has 0 radical (unpaired) electrons. The van der Waals surface area contributed by atoms with E-state index in [-0.39, 0.29) is 17.6 Å². The molecule has 0 aliphatic rings. The van der Waals surface area contributed by atoms with Crippen molar-refractivity contribution in [2.45, 2.75) is 26.3 Å². The molecule has 23 heavy (non-hydrogen) atoms. The number of benzene rings is 2. The molecule has 0 aromatic heterocycles. The molecule has 2 aromatic rings. The van der Waals surface area contributed by atoms with Crippen molar-refractivity contribution in [3.05, 3.63) is 75.3 Å². The normalized spacial score (nSPS) is 11.8. The van der Waals surface area contributed by atoms with Crippen LogP contribution < -0.4 is 0 Å². The molecule has 1 amide bonds. The van der Waals surface area contributed by atoms with E-state index in [1.165, 1.54) is 12.1 Å². The number of amides is 1. The molecule has 0 heterocycles. The standard InChI is InChI=1S/C18H20N2O3/c1-13-7-9-15(10-8-13)11-18(21)19(3)14(2)16-5-4-6-17(12-16)20(22)23/h4-10,12,14H,11H2,1-3H3/t14-/m0/s1. The second-order valence-electron chi connectivity index (χ2n) is 5.70. The van der Waals surface area contributed by atoms with Crippen LogP contribution in [0.25, 0.3) is 0 Å². The summed E-state index contributed by atoms with van der Waals surface area (Å²) in [5, 5.41) is 10.9. The number of likely N-dealkylation sites (N-methyl/N-ethyl adjacent to an activating group) is 1. The van der Waals surface area contributed by atoms with Crippen molar-refractivity contribution < 1.29 is 9.72 Å². The van der Waals surface area contributed by atoms with E-state index < -0.39 is 4.92 Å². The van der Waals surface area contributed by atoms with Gasteiger partial charge in [-0.1, -0.05) is 42.0 Å². The summed E-state index contributed by atoms with van der Waals surface area (Å²) >= 11 is 0. The van der Waals surface area contributed by atoms with E-state index in [1.807, 2.05) is 38.1 Å². The highest BCUT2D eigenvalue weighted by Crippen LogP contribution is 2.23. The number of hydrogen-bond acceptors (Lipinski definition) is 3. The maximum Gasteiger partial charge on any atom is 0.269 e. The number of rotatable bonds is 5. The topological polar surface area (TPSA) is 63.5 Å². The lowest BCUT2D eigenvalue weighted by Crippen LogP contribution is -2.31. The Morgan fingerprint density at radius 3 is 2.48 bits per heavy atom. The molecule has 5 heteroatoms. The number of nitro benzene ring substituents is 1. The maximum atomic E-state index is 12.4. The Bertz CT molecular complexity index is 710. The number of carbonyl (C=O) groups excluding carboxylic acids is 1. The molecule has 1 atom stereocenters. The molecule has 0 bridgehead atoms. The Morgan fingerprint density at radius 1 is 1.22 bits per heavy atom. The number of aryl methyl sites for hydroxylation is 1. The van der Waals surface area contributed by atoms with Gasteiger partial charge < -0.3 is 4.90 Å². The van der Waals surface area contributed by atoms with E-state index in [9.17, 15) is 14.9 Å². The fraction of sp³-hybridized carbons (Fsp3) is 0.278. The van der Waals surface area contributed by atoms with Gasteiger partial charge in [-0.25, -0.2) is 0 Å². The first-order valence-corrected chi connectivity index (χ1v) is 7.44. The monoisotopic (exact) mass is 312 g/mol.